The Labute approximate surface area is 80.9 Å². The summed E-state index contributed by atoms with van der Waals surface area (Å²) in [5.74, 6) is -0.443. The number of ether oxygens (including phenoxy) is 1. The van der Waals surface area contributed by atoms with E-state index in [1.165, 1.54) is 0 Å². The van der Waals surface area contributed by atoms with E-state index < -0.39 is 12.1 Å². The number of rotatable bonds is 1. The standard InChI is InChI=1S/C10H8N2O2/c11-4-6-1-2-7-8(3-6)10(13)14-9(7)5-12/h1-3,9H,4,11H2. The molecule has 1 heterocycles. The highest BCUT2D eigenvalue weighted by Crippen LogP contribution is 2.30. The summed E-state index contributed by atoms with van der Waals surface area (Å²) < 4.78 is 4.84. The van der Waals surface area contributed by atoms with Gasteiger partial charge in [-0.15, -0.1) is 0 Å². The fourth-order valence-corrected chi connectivity index (χ4v) is 1.47. The fourth-order valence-electron chi connectivity index (χ4n) is 1.47. The molecular weight excluding hydrogens is 180 g/mol. The molecule has 0 saturated heterocycles. The first kappa shape index (κ1) is 8.73. The van der Waals surface area contributed by atoms with Crippen molar-refractivity contribution in [2.24, 2.45) is 5.73 Å². The number of cyclic esters (lactones) is 1. The molecule has 0 saturated carbocycles. The van der Waals surface area contributed by atoms with Crippen molar-refractivity contribution in [1.29, 1.82) is 5.26 Å². The second kappa shape index (κ2) is 3.13. The van der Waals surface area contributed by atoms with E-state index in [-0.39, 0.29) is 0 Å². The SMILES string of the molecule is N#CC1OC(=O)c2cc(CN)ccc21. The van der Waals surface area contributed by atoms with E-state index in [4.69, 9.17) is 15.7 Å². The number of esters is 1. The average molecular weight is 188 g/mol. The van der Waals surface area contributed by atoms with E-state index in [2.05, 4.69) is 0 Å². The van der Waals surface area contributed by atoms with Crippen LogP contribution < -0.4 is 5.73 Å². The maximum absolute atomic E-state index is 11.3. The smallest absolute Gasteiger partial charge is 0.340 e. The highest BCUT2D eigenvalue weighted by molar-refractivity contribution is 5.94. The van der Waals surface area contributed by atoms with Crippen LogP contribution in [0, 0.1) is 11.3 Å². The number of fused-ring (bicyclic) bond motifs is 1. The number of nitrogens with two attached hydrogens (primary N) is 1. The molecule has 14 heavy (non-hydrogen) atoms. The zero-order valence-electron chi connectivity index (χ0n) is 7.36. The molecule has 4 nitrogen and oxygen atoms in total. The lowest BCUT2D eigenvalue weighted by molar-refractivity contribution is 0.0478. The van der Waals surface area contributed by atoms with Crippen molar-refractivity contribution in [1.82, 2.24) is 0 Å². The third-order valence-electron chi connectivity index (χ3n) is 2.20. The van der Waals surface area contributed by atoms with Gasteiger partial charge in [-0.3, -0.25) is 0 Å². The highest BCUT2D eigenvalue weighted by atomic mass is 16.5. The van der Waals surface area contributed by atoms with Gasteiger partial charge in [0, 0.05) is 12.1 Å². The van der Waals surface area contributed by atoms with Crippen molar-refractivity contribution >= 4 is 5.97 Å². The minimum Gasteiger partial charge on any atom is -0.438 e. The fraction of sp³-hybridized carbons (Fsp3) is 0.200. The molecule has 1 aliphatic rings. The minimum absolute atomic E-state index is 0.373. The molecule has 2 N–H and O–H groups in total. The summed E-state index contributed by atoms with van der Waals surface area (Å²) in [6, 6.07) is 7.10. The van der Waals surface area contributed by atoms with E-state index in [9.17, 15) is 4.79 Å². The molecule has 1 unspecified atom stereocenters. The number of benzene rings is 1. The maximum atomic E-state index is 11.3. The summed E-state index contributed by atoms with van der Waals surface area (Å²) in [5, 5.41) is 8.71. The average Bonchev–Trinajstić information content (AvgIpc) is 2.55. The first-order valence-electron chi connectivity index (χ1n) is 4.19. The molecule has 0 fully saturated rings. The van der Waals surface area contributed by atoms with E-state index in [0.29, 0.717) is 17.7 Å². The molecule has 0 bridgehead atoms. The Balaban J connectivity index is 2.53. The third kappa shape index (κ3) is 1.15. The Morgan fingerprint density at radius 2 is 2.36 bits per heavy atom. The molecular formula is C10H8N2O2. The van der Waals surface area contributed by atoms with Crippen molar-refractivity contribution < 1.29 is 9.53 Å². The van der Waals surface area contributed by atoms with Crippen LogP contribution in [0.2, 0.25) is 0 Å². The summed E-state index contributed by atoms with van der Waals surface area (Å²) in [5.41, 5.74) is 7.39. The van der Waals surface area contributed by atoms with Crippen LogP contribution in [0.25, 0.3) is 0 Å². The van der Waals surface area contributed by atoms with Gasteiger partial charge < -0.3 is 10.5 Å². The van der Waals surface area contributed by atoms with Crippen LogP contribution in [-0.2, 0) is 11.3 Å². The van der Waals surface area contributed by atoms with Crippen LogP contribution in [0.5, 0.6) is 0 Å². The van der Waals surface area contributed by atoms with Crippen LogP contribution in [0.4, 0.5) is 0 Å². The third-order valence-corrected chi connectivity index (χ3v) is 2.20. The topological polar surface area (TPSA) is 76.1 Å². The molecule has 0 amide bonds. The van der Waals surface area contributed by atoms with Gasteiger partial charge >= 0.3 is 5.97 Å². The molecule has 0 radical (unpaired) electrons. The van der Waals surface area contributed by atoms with E-state index in [0.717, 1.165) is 5.56 Å². The zero-order valence-corrected chi connectivity index (χ0v) is 7.36. The quantitative estimate of drug-likeness (QED) is 0.664. The van der Waals surface area contributed by atoms with Crippen molar-refractivity contribution in [2.45, 2.75) is 12.6 Å². The highest BCUT2D eigenvalue weighted by Gasteiger charge is 2.30. The van der Waals surface area contributed by atoms with Crippen LogP contribution in [0.3, 0.4) is 0 Å². The van der Waals surface area contributed by atoms with Crippen molar-refractivity contribution in [3.63, 3.8) is 0 Å². The minimum atomic E-state index is -0.760. The van der Waals surface area contributed by atoms with Gasteiger partial charge in [0.05, 0.1) is 5.56 Å². The van der Waals surface area contributed by atoms with Crippen LogP contribution in [0.1, 0.15) is 27.6 Å². The molecule has 0 aromatic heterocycles. The van der Waals surface area contributed by atoms with Crippen LogP contribution in [-0.4, -0.2) is 5.97 Å². The number of nitrogens with zero attached hydrogens (tertiary/aromatic N) is 1. The molecule has 0 aliphatic carbocycles. The maximum Gasteiger partial charge on any atom is 0.340 e. The van der Waals surface area contributed by atoms with Crippen LogP contribution >= 0.6 is 0 Å². The largest absolute Gasteiger partial charge is 0.438 e. The molecule has 4 heteroatoms. The zero-order chi connectivity index (χ0) is 10.1. The molecule has 1 aromatic carbocycles. The first-order chi connectivity index (χ1) is 6.76. The van der Waals surface area contributed by atoms with Crippen LogP contribution in [0.15, 0.2) is 18.2 Å². The van der Waals surface area contributed by atoms with Gasteiger partial charge in [-0.1, -0.05) is 12.1 Å². The summed E-state index contributed by atoms with van der Waals surface area (Å²) in [7, 11) is 0. The second-order valence-electron chi connectivity index (χ2n) is 3.04. The van der Waals surface area contributed by atoms with E-state index in [1.807, 2.05) is 6.07 Å². The van der Waals surface area contributed by atoms with E-state index >= 15 is 0 Å². The van der Waals surface area contributed by atoms with Gasteiger partial charge in [0.1, 0.15) is 6.07 Å². The van der Waals surface area contributed by atoms with Gasteiger partial charge in [-0.25, -0.2) is 4.79 Å². The summed E-state index contributed by atoms with van der Waals surface area (Å²) in [4.78, 5) is 11.3. The Morgan fingerprint density at radius 3 is 3.00 bits per heavy atom. The van der Waals surface area contributed by atoms with Crippen molar-refractivity contribution in [3.8, 4) is 6.07 Å². The predicted octanol–water partition coefficient (Wildman–Crippen LogP) is 0.880. The van der Waals surface area contributed by atoms with E-state index in [1.54, 1.807) is 18.2 Å². The molecule has 1 aromatic rings. The summed E-state index contributed by atoms with van der Waals surface area (Å²) >= 11 is 0. The van der Waals surface area contributed by atoms with Crippen molar-refractivity contribution in [2.75, 3.05) is 0 Å². The second-order valence-corrected chi connectivity index (χ2v) is 3.04. The predicted molar refractivity (Wildman–Crippen MR) is 48.1 cm³/mol. The van der Waals surface area contributed by atoms with Gasteiger partial charge in [-0.05, 0) is 11.6 Å². The number of hydrogen-bond donors (Lipinski definition) is 1. The van der Waals surface area contributed by atoms with Gasteiger partial charge in [0.2, 0.25) is 6.10 Å². The summed E-state index contributed by atoms with van der Waals surface area (Å²) in [6.07, 6.45) is -0.760. The molecule has 0 spiro atoms. The molecule has 70 valence electrons. The summed E-state index contributed by atoms with van der Waals surface area (Å²) in [6.45, 7) is 0.373. The lowest BCUT2D eigenvalue weighted by Gasteiger charge is -2.00. The Bertz CT molecular complexity index is 434. The Hall–Kier alpha value is -1.86. The van der Waals surface area contributed by atoms with Gasteiger partial charge in [0.15, 0.2) is 0 Å². The number of carbonyl (C=O) groups is 1. The lowest BCUT2D eigenvalue weighted by Crippen LogP contribution is -1.99. The Morgan fingerprint density at radius 1 is 1.57 bits per heavy atom. The molecule has 1 aliphatic heterocycles. The monoisotopic (exact) mass is 188 g/mol. The number of carbonyl (C=O) groups excluding carboxylic acids is 1. The van der Waals surface area contributed by atoms with Gasteiger partial charge in [-0.2, -0.15) is 5.26 Å². The van der Waals surface area contributed by atoms with Gasteiger partial charge in [0.25, 0.3) is 0 Å². The number of hydrogen-bond acceptors (Lipinski definition) is 4. The number of nitriles is 1. The molecule has 2 rings (SSSR count). The first-order valence-corrected chi connectivity index (χ1v) is 4.19. The Kier molecular flexibility index (Phi) is 1.95. The van der Waals surface area contributed by atoms with Crippen molar-refractivity contribution in [3.05, 3.63) is 34.9 Å². The lowest BCUT2D eigenvalue weighted by atomic mass is 10.0. The molecule has 1 atom stereocenters. The normalized spacial score (nSPS) is 18.6.